The minimum atomic E-state index is -0.0323. The number of amides is 1. The van der Waals surface area contributed by atoms with Gasteiger partial charge in [-0.2, -0.15) is 10.1 Å². The summed E-state index contributed by atoms with van der Waals surface area (Å²) in [5, 5.41) is 10.6. The lowest BCUT2D eigenvalue weighted by Gasteiger charge is -2.15. The molecule has 164 valence electrons. The van der Waals surface area contributed by atoms with E-state index in [4.69, 9.17) is 9.47 Å². The molecule has 1 fully saturated rings. The third-order valence-electron chi connectivity index (χ3n) is 5.15. The highest BCUT2D eigenvalue weighted by atomic mass is 16.5. The monoisotopic (exact) mass is 434 g/mol. The van der Waals surface area contributed by atoms with Crippen LogP contribution in [0.5, 0.6) is 11.8 Å². The van der Waals surface area contributed by atoms with Crippen LogP contribution in [0, 0.1) is 5.92 Å². The van der Waals surface area contributed by atoms with Gasteiger partial charge in [0.15, 0.2) is 17.2 Å². The molecule has 3 aromatic heterocycles. The third-order valence-corrected chi connectivity index (χ3v) is 5.15. The summed E-state index contributed by atoms with van der Waals surface area (Å²) in [6.07, 6.45) is 3.44. The number of fused-ring (bicyclic) bond motifs is 1. The van der Waals surface area contributed by atoms with Crippen LogP contribution in [-0.2, 0) is 11.8 Å². The Kier molecular flexibility index (Phi) is 4.85. The topological polar surface area (TPSA) is 132 Å². The Labute approximate surface area is 183 Å². The Morgan fingerprint density at radius 1 is 1.19 bits per heavy atom. The molecular formula is C21H22N8O3. The van der Waals surface area contributed by atoms with Gasteiger partial charge in [-0.3, -0.25) is 14.5 Å². The summed E-state index contributed by atoms with van der Waals surface area (Å²) in [6, 6.07) is 7.72. The maximum absolute atomic E-state index is 12.3. The smallest absolute Gasteiger partial charge is 0.295 e. The van der Waals surface area contributed by atoms with Gasteiger partial charge in [0.2, 0.25) is 5.91 Å². The fraction of sp³-hybridized carbons (Fsp3) is 0.286. The molecule has 4 aromatic rings. The highest BCUT2D eigenvalue weighted by Gasteiger charge is 2.30. The molecule has 0 atom stereocenters. The lowest BCUT2D eigenvalue weighted by Crippen LogP contribution is -2.14. The highest BCUT2D eigenvalue weighted by Crippen LogP contribution is 2.38. The number of rotatable bonds is 7. The van der Waals surface area contributed by atoms with Crippen LogP contribution in [0.1, 0.15) is 12.8 Å². The number of hydrogen-bond donors (Lipinski definition) is 3. The average Bonchev–Trinajstić information content (AvgIpc) is 3.42. The quantitative estimate of drug-likeness (QED) is 0.405. The first-order valence-corrected chi connectivity index (χ1v) is 10.1. The van der Waals surface area contributed by atoms with Crippen molar-refractivity contribution in [1.82, 2.24) is 29.7 Å². The summed E-state index contributed by atoms with van der Waals surface area (Å²) in [6.45, 7) is 0. The van der Waals surface area contributed by atoms with Crippen LogP contribution in [0.2, 0.25) is 0 Å². The van der Waals surface area contributed by atoms with Crippen molar-refractivity contribution in [3.63, 3.8) is 0 Å². The average molecular weight is 434 g/mol. The molecule has 0 saturated heterocycles. The SMILES string of the molecule is COc1nc2c(Nc3cccc(-c4ncn(C)n4)c3OC)cc(NC(=O)C3CC3)nc2[nH]1. The molecule has 0 unspecified atom stereocenters. The first-order chi connectivity index (χ1) is 15.6. The van der Waals surface area contributed by atoms with Gasteiger partial charge in [0.05, 0.1) is 31.2 Å². The number of aromatic amines is 1. The van der Waals surface area contributed by atoms with Crippen LogP contribution in [0.4, 0.5) is 17.2 Å². The minimum Gasteiger partial charge on any atom is -0.494 e. The number of carbonyl (C=O) groups excluding carboxylic acids is 1. The van der Waals surface area contributed by atoms with Crippen molar-refractivity contribution in [3.05, 3.63) is 30.6 Å². The predicted molar refractivity (Wildman–Crippen MR) is 118 cm³/mol. The molecule has 1 amide bonds. The Morgan fingerprint density at radius 3 is 2.72 bits per heavy atom. The van der Waals surface area contributed by atoms with E-state index in [1.807, 2.05) is 18.2 Å². The first kappa shape index (κ1) is 19.8. The van der Waals surface area contributed by atoms with Crippen molar-refractivity contribution in [2.24, 2.45) is 13.0 Å². The van der Waals surface area contributed by atoms with Crippen LogP contribution in [0.3, 0.4) is 0 Å². The molecule has 1 aliphatic rings. The number of para-hydroxylation sites is 1. The van der Waals surface area contributed by atoms with Gasteiger partial charge < -0.3 is 20.1 Å². The molecule has 1 aromatic carbocycles. The second-order valence-electron chi connectivity index (χ2n) is 7.52. The largest absolute Gasteiger partial charge is 0.494 e. The van der Waals surface area contributed by atoms with Crippen molar-refractivity contribution in [2.45, 2.75) is 12.8 Å². The number of benzene rings is 1. The van der Waals surface area contributed by atoms with Gasteiger partial charge in [0.1, 0.15) is 17.7 Å². The Morgan fingerprint density at radius 2 is 2.03 bits per heavy atom. The zero-order chi connectivity index (χ0) is 22.2. The van der Waals surface area contributed by atoms with E-state index in [2.05, 4.69) is 35.7 Å². The molecule has 0 spiro atoms. The van der Waals surface area contributed by atoms with Gasteiger partial charge in [-0.25, -0.2) is 9.97 Å². The van der Waals surface area contributed by atoms with Crippen molar-refractivity contribution in [1.29, 1.82) is 0 Å². The second-order valence-corrected chi connectivity index (χ2v) is 7.52. The zero-order valence-corrected chi connectivity index (χ0v) is 17.8. The number of imidazole rings is 1. The van der Waals surface area contributed by atoms with E-state index >= 15 is 0 Å². The number of nitrogens with zero attached hydrogens (tertiary/aromatic N) is 5. The standard InChI is InChI=1S/C21H22N8O3/c1-29-10-22-18(28-29)12-5-4-6-13(17(12)31-2)23-14-9-15(25-20(30)11-7-8-11)24-19-16(14)26-21(27-19)32-3/h4-6,9-11H,7-8H2,1-3H3,(H3,23,24,25,26,27,30). The van der Waals surface area contributed by atoms with Crippen LogP contribution in [-0.4, -0.2) is 49.8 Å². The van der Waals surface area contributed by atoms with Crippen LogP contribution in [0.15, 0.2) is 30.6 Å². The van der Waals surface area contributed by atoms with E-state index in [0.29, 0.717) is 45.9 Å². The summed E-state index contributed by atoms with van der Waals surface area (Å²) in [7, 11) is 4.92. The van der Waals surface area contributed by atoms with Gasteiger partial charge in [-0.1, -0.05) is 6.07 Å². The van der Waals surface area contributed by atoms with Crippen molar-refractivity contribution < 1.29 is 14.3 Å². The fourth-order valence-electron chi connectivity index (χ4n) is 3.44. The highest BCUT2D eigenvalue weighted by molar-refractivity contribution is 5.97. The fourth-order valence-corrected chi connectivity index (χ4v) is 3.44. The van der Waals surface area contributed by atoms with Gasteiger partial charge >= 0.3 is 0 Å². The number of carbonyl (C=O) groups is 1. The summed E-state index contributed by atoms with van der Waals surface area (Å²) in [5.74, 6) is 1.57. The van der Waals surface area contributed by atoms with Crippen LogP contribution >= 0.6 is 0 Å². The molecule has 3 heterocycles. The van der Waals surface area contributed by atoms with Gasteiger partial charge in [0, 0.05) is 19.0 Å². The molecule has 5 rings (SSSR count). The summed E-state index contributed by atoms with van der Waals surface area (Å²) in [5.41, 5.74) is 3.11. The number of hydrogen-bond acceptors (Lipinski definition) is 8. The van der Waals surface area contributed by atoms with Crippen molar-refractivity contribution in [2.75, 3.05) is 24.9 Å². The molecule has 11 nitrogen and oxygen atoms in total. The number of ether oxygens (including phenoxy) is 2. The lowest BCUT2D eigenvalue weighted by atomic mass is 10.1. The normalized spacial score (nSPS) is 13.2. The molecule has 1 aliphatic carbocycles. The summed E-state index contributed by atoms with van der Waals surface area (Å²) < 4.78 is 12.6. The molecule has 1 saturated carbocycles. The van der Waals surface area contributed by atoms with E-state index in [9.17, 15) is 4.79 Å². The van der Waals surface area contributed by atoms with Crippen LogP contribution in [0.25, 0.3) is 22.6 Å². The number of aromatic nitrogens is 6. The number of aryl methyl sites for hydroxylation is 1. The van der Waals surface area contributed by atoms with Crippen LogP contribution < -0.4 is 20.1 Å². The number of pyridine rings is 1. The van der Waals surface area contributed by atoms with Crippen molar-refractivity contribution in [3.8, 4) is 23.1 Å². The van der Waals surface area contributed by atoms with Gasteiger partial charge in [0.25, 0.3) is 6.01 Å². The first-order valence-electron chi connectivity index (χ1n) is 10.1. The lowest BCUT2D eigenvalue weighted by molar-refractivity contribution is -0.117. The summed E-state index contributed by atoms with van der Waals surface area (Å²) >= 11 is 0. The number of anilines is 3. The second kappa shape index (κ2) is 7.84. The van der Waals surface area contributed by atoms with Gasteiger partial charge in [-0.05, 0) is 25.0 Å². The number of H-pyrrole nitrogens is 1. The predicted octanol–water partition coefficient (Wildman–Crippen LogP) is 2.86. The van der Waals surface area contributed by atoms with E-state index in [1.165, 1.54) is 7.11 Å². The molecule has 3 N–H and O–H groups in total. The number of nitrogens with one attached hydrogen (secondary N) is 3. The molecule has 11 heteroatoms. The zero-order valence-electron chi connectivity index (χ0n) is 17.8. The Balaban J connectivity index is 1.57. The maximum Gasteiger partial charge on any atom is 0.295 e. The van der Waals surface area contributed by atoms with Crippen molar-refractivity contribution >= 4 is 34.3 Å². The molecule has 0 bridgehead atoms. The Bertz CT molecular complexity index is 1310. The maximum atomic E-state index is 12.3. The van der Waals surface area contributed by atoms with E-state index in [0.717, 1.165) is 18.4 Å². The minimum absolute atomic E-state index is 0.0323. The van der Waals surface area contributed by atoms with E-state index in [1.54, 1.807) is 31.2 Å². The Hall–Kier alpha value is -4.15. The molecule has 0 aliphatic heterocycles. The molecular weight excluding hydrogens is 412 g/mol. The molecule has 0 radical (unpaired) electrons. The number of methoxy groups -OCH3 is 2. The van der Waals surface area contributed by atoms with E-state index < -0.39 is 0 Å². The third kappa shape index (κ3) is 3.68. The van der Waals surface area contributed by atoms with E-state index in [-0.39, 0.29) is 11.8 Å². The molecule has 32 heavy (non-hydrogen) atoms. The van der Waals surface area contributed by atoms with Gasteiger partial charge in [-0.15, -0.1) is 0 Å². The summed E-state index contributed by atoms with van der Waals surface area (Å²) in [4.78, 5) is 28.6.